The molecule has 0 spiro atoms. The van der Waals surface area contributed by atoms with Crippen molar-refractivity contribution in [2.24, 2.45) is 0 Å². The molecule has 1 saturated heterocycles. The van der Waals surface area contributed by atoms with Gasteiger partial charge < -0.3 is 24.1 Å². The van der Waals surface area contributed by atoms with Crippen LogP contribution >= 0.6 is 0 Å². The summed E-state index contributed by atoms with van der Waals surface area (Å²) in [5.41, 5.74) is 4.00. The average molecular weight is 419 g/mol. The number of aromatic nitrogens is 1. The van der Waals surface area contributed by atoms with Gasteiger partial charge in [-0.3, -0.25) is 0 Å². The van der Waals surface area contributed by atoms with E-state index < -0.39 is 0 Å². The van der Waals surface area contributed by atoms with Gasteiger partial charge in [-0.15, -0.1) is 0 Å². The van der Waals surface area contributed by atoms with E-state index in [1.54, 1.807) is 6.26 Å². The molecular weight excluding hydrogens is 388 g/mol. The predicted octanol–water partition coefficient (Wildman–Crippen LogP) is 4.93. The summed E-state index contributed by atoms with van der Waals surface area (Å²) in [6.45, 7) is 3.75. The Balaban J connectivity index is 1.13. The van der Waals surface area contributed by atoms with Gasteiger partial charge in [0.1, 0.15) is 0 Å². The summed E-state index contributed by atoms with van der Waals surface area (Å²) in [5, 5.41) is 4.87. The Morgan fingerprint density at radius 2 is 1.81 bits per heavy atom. The Morgan fingerprint density at radius 1 is 1.00 bits per heavy atom. The zero-order valence-corrected chi connectivity index (χ0v) is 17.8. The monoisotopic (exact) mass is 418 g/mol. The average Bonchev–Trinajstić information content (AvgIpc) is 3.42. The maximum Gasteiger partial charge on any atom is 0.318 e. The van der Waals surface area contributed by atoms with E-state index in [0.29, 0.717) is 24.9 Å². The van der Waals surface area contributed by atoms with Crippen molar-refractivity contribution in [3.63, 3.8) is 0 Å². The largest absolute Gasteiger partial charge is 0.463 e. The van der Waals surface area contributed by atoms with Gasteiger partial charge in [0.25, 0.3) is 0 Å². The van der Waals surface area contributed by atoms with Crippen LogP contribution in [-0.4, -0.2) is 30.6 Å². The molecule has 1 atom stereocenters. The highest BCUT2D eigenvalue weighted by Crippen LogP contribution is 2.33. The number of ether oxygens (including phenoxy) is 3. The first-order chi connectivity index (χ1) is 15.4. The number of para-hydroxylation sites is 1. The summed E-state index contributed by atoms with van der Waals surface area (Å²) in [6.07, 6.45) is 7.70. The fraction of sp³-hybridized carbons (Fsp3) is 0.385. The molecule has 2 aromatic carbocycles. The van der Waals surface area contributed by atoms with Gasteiger partial charge in [0.15, 0.2) is 6.26 Å². The van der Waals surface area contributed by atoms with Crippen LogP contribution in [0.4, 0.5) is 0 Å². The molecule has 2 aliphatic heterocycles. The number of hydrogen-bond donors (Lipinski definition) is 1. The van der Waals surface area contributed by atoms with E-state index in [1.807, 2.05) is 18.2 Å². The number of nitrogens with zero attached hydrogens (tertiary/aromatic N) is 1. The first kappa shape index (κ1) is 20.0. The maximum absolute atomic E-state index is 5.82. The summed E-state index contributed by atoms with van der Waals surface area (Å²) in [5.74, 6) is 1.13. The molecule has 1 unspecified atom stereocenters. The third kappa shape index (κ3) is 4.72. The van der Waals surface area contributed by atoms with Crippen LogP contribution in [0.5, 0.6) is 0 Å². The van der Waals surface area contributed by atoms with Crippen molar-refractivity contribution in [3.05, 3.63) is 84.1 Å². The minimum atomic E-state index is -0.307. The van der Waals surface area contributed by atoms with E-state index in [9.17, 15) is 0 Å². The molecule has 2 aliphatic rings. The second kappa shape index (κ2) is 9.48. The maximum atomic E-state index is 5.82. The van der Waals surface area contributed by atoms with E-state index in [4.69, 9.17) is 14.2 Å². The number of aryl methyl sites for hydroxylation is 1. The lowest BCUT2D eigenvalue weighted by Crippen LogP contribution is -2.26. The summed E-state index contributed by atoms with van der Waals surface area (Å²) in [7, 11) is 0. The van der Waals surface area contributed by atoms with Gasteiger partial charge in [-0.05, 0) is 55.5 Å². The zero-order valence-electron chi connectivity index (χ0n) is 17.8. The van der Waals surface area contributed by atoms with Crippen LogP contribution in [0.3, 0.4) is 0 Å². The van der Waals surface area contributed by atoms with Crippen molar-refractivity contribution in [2.75, 3.05) is 19.7 Å². The number of fused-ring (bicyclic) bond motifs is 1. The fourth-order valence-corrected chi connectivity index (χ4v) is 4.61. The summed E-state index contributed by atoms with van der Waals surface area (Å²) >= 11 is 0. The van der Waals surface area contributed by atoms with Crippen LogP contribution < -0.4 is 5.32 Å². The lowest BCUT2D eigenvalue weighted by molar-refractivity contribution is -0.0700. The first-order valence-electron chi connectivity index (χ1n) is 11.3. The summed E-state index contributed by atoms with van der Waals surface area (Å²) < 4.78 is 19.6. The molecule has 1 N–H and O–H groups in total. The highest BCUT2D eigenvalue weighted by molar-refractivity contribution is 5.84. The SMILES string of the molecule is C1=C(OCCCn2cc(C3CCNCC3)c3ccccc32)OC(Cc2ccccc2)O1. The Bertz CT molecular complexity index is 1020. The van der Waals surface area contributed by atoms with Crippen LogP contribution in [0.25, 0.3) is 10.9 Å². The lowest BCUT2D eigenvalue weighted by atomic mass is 9.90. The molecule has 5 heteroatoms. The summed E-state index contributed by atoms with van der Waals surface area (Å²) in [6, 6.07) is 19.0. The van der Waals surface area contributed by atoms with Gasteiger partial charge in [0.05, 0.1) is 6.61 Å². The zero-order chi connectivity index (χ0) is 20.9. The van der Waals surface area contributed by atoms with Crippen molar-refractivity contribution in [1.29, 1.82) is 0 Å². The molecule has 5 nitrogen and oxygen atoms in total. The Morgan fingerprint density at radius 3 is 2.68 bits per heavy atom. The van der Waals surface area contributed by atoms with Gasteiger partial charge in [0.2, 0.25) is 6.29 Å². The van der Waals surface area contributed by atoms with E-state index in [0.717, 1.165) is 26.1 Å². The van der Waals surface area contributed by atoms with Crippen LogP contribution in [0.1, 0.15) is 36.3 Å². The van der Waals surface area contributed by atoms with Gasteiger partial charge >= 0.3 is 5.95 Å². The van der Waals surface area contributed by atoms with Gasteiger partial charge in [-0.25, -0.2) is 0 Å². The highest BCUT2D eigenvalue weighted by atomic mass is 16.8. The topological polar surface area (TPSA) is 44.7 Å². The Labute approximate surface area is 183 Å². The van der Waals surface area contributed by atoms with Gasteiger partial charge in [0, 0.05) is 30.1 Å². The van der Waals surface area contributed by atoms with E-state index in [-0.39, 0.29) is 6.29 Å². The minimum Gasteiger partial charge on any atom is -0.463 e. The van der Waals surface area contributed by atoms with Crippen LogP contribution in [-0.2, 0) is 27.2 Å². The Kier molecular flexibility index (Phi) is 6.12. The molecule has 3 aromatic rings. The van der Waals surface area contributed by atoms with Gasteiger partial charge in [-0.1, -0.05) is 48.5 Å². The number of hydrogen-bond acceptors (Lipinski definition) is 4. The van der Waals surface area contributed by atoms with Crippen molar-refractivity contribution >= 4 is 10.9 Å². The van der Waals surface area contributed by atoms with Crippen LogP contribution in [0.2, 0.25) is 0 Å². The second-order valence-corrected chi connectivity index (χ2v) is 8.33. The lowest BCUT2D eigenvalue weighted by Gasteiger charge is -2.22. The molecule has 0 bridgehead atoms. The molecule has 31 heavy (non-hydrogen) atoms. The van der Waals surface area contributed by atoms with Crippen molar-refractivity contribution in [1.82, 2.24) is 9.88 Å². The number of rotatable bonds is 8. The van der Waals surface area contributed by atoms with E-state index in [2.05, 4.69) is 52.5 Å². The molecule has 0 amide bonds. The fourth-order valence-electron chi connectivity index (χ4n) is 4.61. The number of benzene rings is 2. The smallest absolute Gasteiger partial charge is 0.318 e. The van der Waals surface area contributed by atoms with Crippen molar-refractivity contribution in [2.45, 2.75) is 44.4 Å². The molecular formula is C26H30N2O3. The third-order valence-electron chi connectivity index (χ3n) is 6.19. The van der Waals surface area contributed by atoms with E-state index in [1.165, 1.54) is 34.9 Å². The molecule has 162 valence electrons. The number of piperidine rings is 1. The molecule has 3 heterocycles. The standard InChI is InChI=1S/C26H30N2O3/c1-2-7-20(8-3-1)17-25-30-19-26(31-25)29-16-6-15-28-18-23(21-11-13-27-14-12-21)22-9-4-5-10-24(22)28/h1-5,7-10,18-19,21,25,27H,6,11-17H2. The molecule has 0 radical (unpaired) electrons. The highest BCUT2D eigenvalue weighted by Gasteiger charge is 2.22. The molecule has 1 fully saturated rings. The predicted molar refractivity (Wildman–Crippen MR) is 122 cm³/mol. The van der Waals surface area contributed by atoms with E-state index >= 15 is 0 Å². The van der Waals surface area contributed by atoms with Crippen molar-refractivity contribution < 1.29 is 14.2 Å². The van der Waals surface area contributed by atoms with Gasteiger partial charge in [-0.2, -0.15) is 0 Å². The van der Waals surface area contributed by atoms with Crippen LogP contribution in [0, 0.1) is 0 Å². The minimum absolute atomic E-state index is 0.307. The molecule has 0 saturated carbocycles. The molecule has 1 aromatic heterocycles. The summed E-state index contributed by atoms with van der Waals surface area (Å²) in [4.78, 5) is 0. The first-order valence-corrected chi connectivity index (χ1v) is 11.3. The third-order valence-corrected chi connectivity index (χ3v) is 6.19. The second-order valence-electron chi connectivity index (χ2n) is 8.33. The van der Waals surface area contributed by atoms with Crippen LogP contribution in [0.15, 0.2) is 73.0 Å². The molecule has 5 rings (SSSR count). The quantitative estimate of drug-likeness (QED) is 0.527. The molecule has 0 aliphatic carbocycles. The normalized spacial score (nSPS) is 19.1. The van der Waals surface area contributed by atoms with Crippen molar-refractivity contribution in [3.8, 4) is 0 Å². The Hall–Kier alpha value is -2.92. The number of nitrogens with one attached hydrogen (secondary N) is 1.